The Hall–Kier alpha value is -3.68. The van der Waals surface area contributed by atoms with Gasteiger partial charge in [-0.25, -0.2) is 0 Å². The fourth-order valence-corrected chi connectivity index (χ4v) is 3.18. The molecule has 3 aromatic rings. The first kappa shape index (κ1) is 20.1. The Morgan fingerprint density at radius 3 is 2.62 bits per heavy atom. The second-order valence-electron chi connectivity index (χ2n) is 7.11. The van der Waals surface area contributed by atoms with Gasteiger partial charge in [0.1, 0.15) is 5.58 Å². The van der Waals surface area contributed by atoms with Crippen molar-refractivity contribution in [2.75, 3.05) is 0 Å². The van der Waals surface area contributed by atoms with Crippen molar-refractivity contribution in [3.63, 3.8) is 0 Å². The number of non-ortho nitro benzene ring substituents is 1. The van der Waals surface area contributed by atoms with Crippen LogP contribution in [0.25, 0.3) is 11.0 Å². The topological polar surface area (TPSA) is 114 Å². The molecule has 0 saturated carbocycles. The number of amides is 2. The fourth-order valence-electron chi connectivity index (χ4n) is 3.18. The average Bonchev–Trinajstić information content (AvgIpc) is 3.06. The van der Waals surface area contributed by atoms with Crippen LogP contribution in [0.15, 0.2) is 47.1 Å². The summed E-state index contributed by atoms with van der Waals surface area (Å²) < 4.78 is 5.56. The van der Waals surface area contributed by atoms with Crippen molar-refractivity contribution in [2.24, 2.45) is 0 Å². The zero-order chi connectivity index (χ0) is 21.1. The van der Waals surface area contributed by atoms with E-state index in [9.17, 15) is 19.7 Å². The van der Waals surface area contributed by atoms with Gasteiger partial charge in [-0.2, -0.15) is 0 Å². The van der Waals surface area contributed by atoms with Gasteiger partial charge in [0.25, 0.3) is 11.6 Å². The average molecular weight is 395 g/mol. The summed E-state index contributed by atoms with van der Waals surface area (Å²) in [5.41, 5.74) is 8.20. The van der Waals surface area contributed by atoms with Crippen LogP contribution in [0.1, 0.15) is 46.8 Å². The number of aryl methyl sites for hydroxylation is 1. The summed E-state index contributed by atoms with van der Waals surface area (Å²) in [6, 6.07) is 9.24. The highest BCUT2D eigenvalue weighted by molar-refractivity contribution is 5.96. The van der Waals surface area contributed by atoms with E-state index in [0.717, 1.165) is 17.0 Å². The Kier molecular flexibility index (Phi) is 5.63. The van der Waals surface area contributed by atoms with E-state index in [-0.39, 0.29) is 17.7 Å². The van der Waals surface area contributed by atoms with E-state index in [4.69, 9.17) is 4.42 Å². The lowest BCUT2D eigenvalue weighted by Gasteiger charge is -2.10. The highest BCUT2D eigenvalue weighted by Crippen LogP contribution is 2.29. The first-order valence-corrected chi connectivity index (χ1v) is 9.10. The van der Waals surface area contributed by atoms with E-state index in [0.29, 0.717) is 17.1 Å². The predicted molar refractivity (Wildman–Crippen MR) is 107 cm³/mol. The van der Waals surface area contributed by atoms with E-state index in [1.54, 1.807) is 0 Å². The maximum absolute atomic E-state index is 12.3. The molecule has 0 unspecified atom stereocenters. The standard InChI is InChI=1S/C21H21N3O5/c1-12(2)17-10-18-15(11-29-19(18)7-13(17)3)9-20(25)22-23-21(26)14-5-4-6-16(8-14)24(27)28/h4-8,10-12H,9H2,1-3H3,(H,22,25)(H,23,26). The predicted octanol–water partition coefficient (Wildman–Crippen LogP) is 3.78. The first-order chi connectivity index (χ1) is 13.8. The smallest absolute Gasteiger partial charge is 0.270 e. The molecular weight excluding hydrogens is 374 g/mol. The van der Waals surface area contributed by atoms with Crippen LogP contribution in [-0.4, -0.2) is 16.7 Å². The molecule has 2 aromatic carbocycles. The van der Waals surface area contributed by atoms with Gasteiger partial charge in [-0.3, -0.25) is 30.6 Å². The van der Waals surface area contributed by atoms with E-state index < -0.39 is 16.7 Å². The summed E-state index contributed by atoms with van der Waals surface area (Å²) in [5, 5.41) is 11.7. The normalized spacial score (nSPS) is 10.9. The molecule has 0 aliphatic rings. The molecule has 0 fully saturated rings. The number of rotatable bonds is 5. The number of hydrogen-bond acceptors (Lipinski definition) is 5. The number of hydrogen-bond donors (Lipinski definition) is 2. The largest absolute Gasteiger partial charge is 0.464 e. The number of fused-ring (bicyclic) bond motifs is 1. The van der Waals surface area contributed by atoms with Crippen LogP contribution in [0.5, 0.6) is 0 Å². The molecule has 2 N–H and O–H groups in total. The molecule has 0 bridgehead atoms. The lowest BCUT2D eigenvalue weighted by molar-refractivity contribution is -0.384. The summed E-state index contributed by atoms with van der Waals surface area (Å²) in [7, 11) is 0. The zero-order valence-electron chi connectivity index (χ0n) is 16.3. The van der Waals surface area contributed by atoms with Gasteiger partial charge in [-0.1, -0.05) is 19.9 Å². The first-order valence-electron chi connectivity index (χ1n) is 9.10. The lowest BCUT2D eigenvalue weighted by Crippen LogP contribution is -2.42. The third kappa shape index (κ3) is 4.43. The third-order valence-electron chi connectivity index (χ3n) is 4.65. The molecule has 0 saturated heterocycles. The van der Waals surface area contributed by atoms with Gasteiger partial charge in [0.05, 0.1) is 17.6 Å². The highest BCUT2D eigenvalue weighted by atomic mass is 16.6. The minimum Gasteiger partial charge on any atom is -0.464 e. The van der Waals surface area contributed by atoms with Gasteiger partial charge in [0.2, 0.25) is 5.91 Å². The number of furan rings is 1. The number of nitrogens with one attached hydrogen (secondary N) is 2. The minimum atomic E-state index is -0.642. The van der Waals surface area contributed by atoms with Crippen LogP contribution in [-0.2, 0) is 11.2 Å². The lowest BCUT2D eigenvalue weighted by atomic mass is 9.95. The molecule has 0 atom stereocenters. The van der Waals surface area contributed by atoms with Crippen LogP contribution >= 0.6 is 0 Å². The third-order valence-corrected chi connectivity index (χ3v) is 4.65. The van der Waals surface area contributed by atoms with E-state index in [1.165, 1.54) is 30.0 Å². The molecule has 8 nitrogen and oxygen atoms in total. The van der Waals surface area contributed by atoms with E-state index in [1.807, 2.05) is 19.1 Å². The SMILES string of the molecule is Cc1cc2occ(CC(=O)NNC(=O)c3cccc([N+](=O)[O-])c3)c2cc1C(C)C. The Morgan fingerprint density at radius 1 is 1.17 bits per heavy atom. The Labute approximate surface area is 167 Å². The van der Waals surface area contributed by atoms with Gasteiger partial charge in [0.15, 0.2) is 0 Å². The van der Waals surface area contributed by atoms with Gasteiger partial charge in [-0.15, -0.1) is 0 Å². The van der Waals surface area contributed by atoms with Crippen LogP contribution in [0.2, 0.25) is 0 Å². The van der Waals surface area contributed by atoms with Crippen molar-refractivity contribution in [2.45, 2.75) is 33.1 Å². The second-order valence-corrected chi connectivity index (χ2v) is 7.11. The minimum absolute atomic E-state index is 0.0167. The molecule has 150 valence electrons. The monoisotopic (exact) mass is 395 g/mol. The zero-order valence-corrected chi connectivity index (χ0v) is 16.3. The van der Waals surface area contributed by atoms with Crippen molar-refractivity contribution in [3.8, 4) is 0 Å². The van der Waals surface area contributed by atoms with Crippen molar-refractivity contribution in [1.29, 1.82) is 0 Å². The molecule has 1 aromatic heterocycles. The van der Waals surface area contributed by atoms with Crippen LogP contribution in [0, 0.1) is 17.0 Å². The second kappa shape index (κ2) is 8.14. The van der Waals surface area contributed by atoms with Crippen molar-refractivity contribution >= 4 is 28.5 Å². The van der Waals surface area contributed by atoms with Gasteiger partial charge >= 0.3 is 0 Å². The molecule has 0 spiro atoms. The molecule has 0 radical (unpaired) electrons. The molecular formula is C21H21N3O5. The molecule has 29 heavy (non-hydrogen) atoms. The molecule has 0 aliphatic carbocycles. The Morgan fingerprint density at radius 2 is 1.93 bits per heavy atom. The molecule has 2 amide bonds. The van der Waals surface area contributed by atoms with E-state index in [2.05, 4.69) is 24.7 Å². The Bertz CT molecular complexity index is 1100. The highest BCUT2D eigenvalue weighted by Gasteiger charge is 2.15. The van der Waals surface area contributed by atoms with Crippen LogP contribution in [0.4, 0.5) is 5.69 Å². The number of carbonyl (C=O) groups excluding carboxylic acids is 2. The number of carbonyl (C=O) groups is 2. The van der Waals surface area contributed by atoms with Gasteiger partial charge in [0, 0.05) is 28.6 Å². The van der Waals surface area contributed by atoms with E-state index >= 15 is 0 Å². The molecule has 3 rings (SSSR count). The summed E-state index contributed by atoms with van der Waals surface area (Å²) in [6.07, 6.45) is 1.55. The summed E-state index contributed by atoms with van der Waals surface area (Å²) in [5.74, 6) is -0.736. The number of hydrazine groups is 1. The molecule has 0 aliphatic heterocycles. The van der Waals surface area contributed by atoms with Crippen molar-refractivity contribution in [1.82, 2.24) is 10.9 Å². The number of nitrogens with zero attached hydrogens (tertiary/aromatic N) is 1. The number of benzene rings is 2. The summed E-state index contributed by atoms with van der Waals surface area (Å²) in [4.78, 5) is 34.6. The van der Waals surface area contributed by atoms with Crippen molar-refractivity contribution in [3.05, 3.63) is 75.0 Å². The van der Waals surface area contributed by atoms with Crippen molar-refractivity contribution < 1.29 is 18.9 Å². The van der Waals surface area contributed by atoms with Gasteiger partial charge < -0.3 is 4.42 Å². The number of nitro groups is 1. The van der Waals surface area contributed by atoms with Crippen LogP contribution in [0.3, 0.4) is 0 Å². The quantitative estimate of drug-likeness (QED) is 0.504. The maximum Gasteiger partial charge on any atom is 0.270 e. The molecule has 8 heteroatoms. The number of nitro benzene ring substituents is 1. The van der Waals surface area contributed by atoms with Crippen LogP contribution < -0.4 is 10.9 Å². The summed E-state index contributed by atoms with van der Waals surface area (Å²) >= 11 is 0. The molecule has 1 heterocycles. The fraction of sp³-hybridized carbons (Fsp3) is 0.238. The Balaban J connectivity index is 1.68. The maximum atomic E-state index is 12.3. The summed E-state index contributed by atoms with van der Waals surface area (Å²) in [6.45, 7) is 6.22. The van der Waals surface area contributed by atoms with Gasteiger partial charge in [-0.05, 0) is 42.2 Å².